The highest BCUT2D eigenvalue weighted by Crippen LogP contribution is 1.93. The summed E-state index contributed by atoms with van der Waals surface area (Å²) < 4.78 is 4.80. The minimum absolute atomic E-state index is 0.382. The highest BCUT2D eigenvalue weighted by Gasteiger charge is 2.08. The van der Waals surface area contributed by atoms with Gasteiger partial charge in [0.2, 0.25) is 0 Å². The van der Waals surface area contributed by atoms with Crippen LogP contribution >= 0.6 is 0 Å². The van der Waals surface area contributed by atoms with E-state index in [0.717, 1.165) is 0 Å². The Bertz CT molecular complexity index is 445. The maximum atomic E-state index is 4.06. The van der Waals surface area contributed by atoms with E-state index in [4.69, 9.17) is 0 Å². The fourth-order valence-electron chi connectivity index (χ4n) is 1.37. The maximum Gasteiger partial charge on any atom is 0.266 e. The number of rotatable bonds is 3. The van der Waals surface area contributed by atoms with Gasteiger partial charge in [-0.15, -0.1) is 0 Å². The van der Waals surface area contributed by atoms with Gasteiger partial charge in [0.1, 0.15) is 19.0 Å². The van der Waals surface area contributed by atoms with Crippen molar-refractivity contribution in [1.82, 2.24) is 44.0 Å². The molecule has 9 nitrogen and oxygen atoms in total. The van der Waals surface area contributed by atoms with Crippen LogP contribution in [0.3, 0.4) is 0 Å². The van der Waals surface area contributed by atoms with E-state index in [2.05, 4.69) is 30.2 Å². The molecule has 10 heteroatoms. The standard InChI is InChI=1S/C6H6BN9/c1-8-4-14(11-1)7(15-5-9-2-12-15)16-6-10-3-13-16/h1-6H/q-1. The highest BCUT2D eigenvalue weighted by molar-refractivity contribution is 6.52. The molecular weight excluding hydrogens is 209 g/mol. The molecule has 0 aliphatic carbocycles. The smallest absolute Gasteiger partial charge is 0.266 e. The Kier molecular flexibility index (Phi) is 1.95. The molecule has 3 aromatic heterocycles. The molecule has 0 spiro atoms. The van der Waals surface area contributed by atoms with Crippen molar-refractivity contribution in [3.63, 3.8) is 0 Å². The van der Waals surface area contributed by atoms with Crippen LogP contribution in [0, 0.1) is 0 Å². The molecule has 0 fully saturated rings. The predicted molar refractivity (Wildman–Crippen MR) is 52.0 cm³/mol. The minimum Gasteiger partial charge on any atom is -0.409 e. The Morgan fingerprint density at radius 2 is 1.00 bits per heavy atom. The molecule has 16 heavy (non-hydrogen) atoms. The molecule has 3 aromatic rings. The van der Waals surface area contributed by atoms with Crippen LogP contribution in [-0.4, -0.2) is 51.1 Å². The van der Waals surface area contributed by atoms with E-state index in [9.17, 15) is 0 Å². The molecule has 0 aromatic carbocycles. The lowest BCUT2D eigenvalue weighted by molar-refractivity contribution is 0.769. The summed E-state index contributed by atoms with van der Waals surface area (Å²) in [6.45, 7) is 0. The first kappa shape index (κ1) is 8.77. The van der Waals surface area contributed by atoms with Crippen molar-refractivity contribution in [2.75, 3.05) is 0 Å². The summed E-state index contributed by atoms with van der Waals surface area (Å²) in [7, 11) is -0.382. The summed E-state index contributed by atoms with van der Waals surface area (Å²) in [5.74, 6) is 0. The largest absolute Gasteiger partial charge is 0.409 e. The molecule has 1 radical (unpaired) electrons. The summed E-state index contributed by atoms with van der Waals surface area (Å²) in [5, 5.41) is 12.2. The average molecular weight is 215 g/mol. The minimum atomic E-state index is -0.382. The number of hydrogen-bond donors (Lipinski definition) is 0. The first-order valence-corrected chi connectivity index (χ1v) is 4.47. The predicted octanol–water partition coefficient (Wildman–Crippen LogP) is -1.61. The van der Waals surface area contributed by atoms with Gasteiger partial charge in [0, 0.05) is 0 Å². The topological polar surface area (TPSA) is 92.1 Å². The van der Waals surface area contributed by atoms with Crippen LogP contribution in [0.4, 0.5) is 0 Å². The highest BCUT2D eigenvalue weighted by atomic mass is 15.5. The van der Waals surface area contributed by atoms with Gasteiger partial charge in [-0.1, -0.05) is 0 Å². The zero-order valence-electron chi connectivity index (χ0n) is 8.07. The second-order valence-electron chi connectivity index (χ2n) is 2.97. The summed E-state index contributed by atoms with van der Waals surface area (Å²) in [6.07, 6.45) is 9.07. The zero-order valence-corrected chi connectivity index (χ0v) is 8.07. The first-order valence-electron chi connectivity index (χ1n) is 4.47. The van der Waals surface area contributed by atoms with Crippen LogP contribution in [0.2, 0.25) is 0 Å². The van der Waals surface area contributed by atoms with Crippen LogP contribution in [0.5, 0.6) is 0 Å². The van der Waals surface area contributed by atoms with Gasteiger partial charge in [-0.25, -0.2) is 30.2 Å². The summed E-state index contributed by atoms with van der Waals surface area (Å²) in [6, 6.07) is 0. The van der Waals surface area contributed by atoms with Gasteiger partial charge < -0.3 is 13.8 Å². The van der Waals surface area contributed by atoms with Crippen molar-refractivity contribution in [2.24, 2.45) is 0 Å². The van der Waals surface area contributed by atoms with Crippen molar-refractivity contribution < 1.29 is 0 Å². The van der Waals surface area contributed by atoms with E-state index in [-0.39, 0.29) is 7.12 Å². The van der Waals surface area contributed by atoms with E-state index in [1.165, 1.54) is 19.0 Å². The first-order chi connectivity index (χ1) is 7.95. The number of hydrogen-bond acceptors (Lipinski definition) is 6. The van der Waals surface area contributed by atoms with Crippen LogP contribution < -0.4 is 0 Å². The van der Waals surface area contributed by atoms with Crippen LogP contribution in [0.15, 0.2) is 38.0 Å². The lowest BCUT2D eigenvalue weighted by atomic mass is 9.96. The van der Waals surface area contributed by atoms with Gasteiger partial charge in [0.05, 0.1) is 19.0 Å². The number of nitrogens with zero attached hydrogens (tertiary/aromatic N) is 9. The second-order valence-corrected chi connectivity index (χ2v) is 2.97. The third-order valence-corrected chi connectivity index (χ3v) is 2.02. The third-order valence-electron chi connectivity index (χ3n) is 2.02. The van der Waals surface area contributed by atoms with E-state index >= 15 is 0 Å². The molecule has 0 atom stereocenters. The molecule has 0 unspecified atom stereocenters. The SMILES string of the molecule is c1ncn([B-](n2cncn2)n2cncn2)n1. The summed E-state index contributed by atoms with van der Waals surface area (Å²) in [5.41, 5.74) is 0. The van der Waals surface area contributed by atoms with Crippen LogP contribution in [0.1, 0.15) is 0 Å². The molecule has 0 aliphatic heterocycles. The zero-order chi connectivity index (χ0) is 10.8. The fourth-order valence-corrected chi connectivity index (χ4v) is 1.37. The van der Waals surface area contributed by atoms with E-state index < -0.39 is 0 Å². The van der Waals surface area contributed by atoms with Gasteiger partial charge in [-0.05, 0) is 0 Å². The Balaban J connectivity index is 2.09. The van der Waals surface area contributed by atoms with Gasteiger partial charge in [0.15, 0.2) is 0 Å². The van der Waals surface area contributed by atoms with Gasteiger partial charge in [-0.2, -0.15) is 0 Å². The lowest BCUT2D eigenvalue weighted by Gasteiger charge is -2.27. The van der Waals surface area contributed by atoms with Crippen molar-refractivity contribution >= 4 is 7.12 Å². The molecule has 0 bridgehead atoms. The number of aromatic nitrogens is 9. The molecule has 0 saturated heterocycles. The van der Waals surface area contributed by atoms with Crippen LogP contribution in [-0.2, 0) is 0 Å². The van der Waals surface area contributed by atoms with Gasteiger partial charge >= 0.3 is 0 Å². The Hall–Kier alpha value is -2.52. The summed E-state index contributed by atoms with van der Waals surface area (Å²) >= 11 is 0. The third kappa shape index (κ3) is 1.36. The van der Waals surface area contributed by atoms with Crippen molar-refractivity contribution in [2.45, 2.75) is 0 Å². The van der Waals surface area contributed by atoms with Crippen molar-refractivity contribution in [3.05, 3.63) is 38.0 Å². The quantitative estimate of drug-likeness (QED) is 0.488. The maximum absolute atomic E-state index is 4.06. The average Bonchev–Trinajstić information content (AvgIpc) is 3.02. The van der Waals surface area contributed by atoms with E-state index in [1.54, 1.807) is 32.8 Å². The Morgan fingerprint density at radius 1 is 0.625 bits per heavy atom. The lowest BCUT2D eigenvalue weighted by Crippen LogP contribution is -2.42. The summed E-state index contributed by atoms with van der Waals surface area (Å²) in [4.78, 5) is 11.7. The molecule has 0 saturated carbocycles. The second kappa shape index (κ2) is 3.57. The molecule has 0 aliphatic rings. The molecule has 79 valence electrons. The van der Waals surface area contributed by atoms with Crippen LogP contribution in [0.25, 0.3) is 0 Å². The van der Waals surface area contributed by atoms with E-state index in [1.807, 2.05) is 0 Å². The molecule has 0 N–H and O–H groups in total. The fraction of sp³-hybridized carbons (Fsp3) is 0. The molecule has 3 rings (SSSR count). The van der Waals surface area contributed by atoms with Crippen molar-refractivity contribution in [1.29, 1.82) is 0 Å². The van der Waals surface area contributed by atoms with Crippen molar-refractivity contribution in [3.8, 4) is 0 Å². The Morgan fingerprint density at radius 3 is 1.25 bits per heavy atom. The van der Waals surface area contributed by atoms with Gasteiger partial charge in [-0.3, -0.25) is 0 Å². The van der Waals surface area contributed by atoms with Gasteiger partial charge in [0.25, 0.3) is 7.12 Å². The normalized spacial score (nSPS) is 11.1. The molecule has 0 amide bonds. The monoisotopic (exact) mass is 215 g/mol. The molecular formula is C6H6BN9-. The molecule has 3 heterocycles. The Labute approximate surface area is 89.9 Å². The van der Waals surface area contributed by atoms with E-state index in [0.29, 0.717) is 0 Å².